The molecule has 1 aromatic carbocycles. The second-order valence-electron chi connectivity index (χ2n) is 7.23. The first kappa shape index (κ1) is 22.3. The van der Waals surface area contributed by atoms with E-state index < -0.39 is 12.3 Å². The van der Waals surface area contributed by atoms with Crippen LogP contribution in [0.3, 0.4) is 0 Å². The summed E-state index contributed by atoms with van der Waals surface area (Å²) in [7, 11) is 6.00. The number of alkyl halides is 2. The summed E-state index contributed by atoms with van der Waals surface area (Å²) in [5, 5.41) is 6.92. The Morgan fingerprint density at radius 2 is 1.77 bits per heavy atom. The Labute approximate surface area is 179 Å². The van der Waals surface area contributed by atoms with Gasteiger partial charge in [0.1, 0.15) is 0 Å². The topological polar surface area (TPSA) is 78.6 Å². The fourth-order valence-corrected chi connectivity index (χ4v) is 2.94. The van der Waals surface area contributed by atoms with Crippen molar-refractivity contribution in [3.8, 4) is 11.5 Å². The van der Waals surface area contributed by atoms with Crippen molar-refractivity contribution in [1.82, 2.24) is 20.1 Å². The van der Waals surface area contributed by atoms with Crippen LogP contribution in [0.2, 0.25) is 0 Å². The fourth-order valence-electron chi connectivity index (χ4n) is 2.94. The first-order valence-corrected chi connectivity index (χ1v) is 9.62. The first-order chi connectivity index (χ1) is 14.9. The molecule has 0 fully saturated rings. The van der Waals surface area contributed by atoms with E-state index in [9.17, 15) is 13.6 Å². The van der Waals surface area contributed by atoms with E-state index in [1.54, 1.807) is 17.0 Å². The molecular weight excluding hydrogens is 406 g/mol. The molecule has 0 saturated carbocycles. The molecule has 0 radical (unpaired) electrons. The molecule has 0 N–H and O–H groups in total. The lowest BCUT2D eigenvalue weighted by molar-refractivity contribution is -0.107. The first-order valence-electron chi connectivity index (χ1n) is 9.62. The zero-order valence-electron chi connectivity index (χ0n) is 17.6. The highest BCUT2D eigenvalue weighted by Gasteiger charge is 2.18. The number of likely N-dealkylation sites (N-methyl/N-ethyl adjacent to an activating group) is 2. The second-order valence-corrected chi connectivity index (χ2v) is 7.23. The number of carbonyl (C=O) groups is 1. The lowest BCUT2D eigenvalue weighted by atomic mass is 10.2. The molecule has 0 saturated heterocycles. The van der Waals surface area contributed by atoms with Crippen LogP contribution < -0.4 is 9.80 Å². The molecule has 2 aromatic heterocycles. The number of aromatic nitrogens is 3. The van der Waals surface area contributed by atoms with Crippen LogP contribution in [-0.2, 0) is 11.3 Å². The van der Waals surface area contributed by atoms with Crippen molar-refractivity contribution >= 4 is 17.8 Å². The van der Waals surface area contributed by atoms with Crippen LogP contribution in [0.1, 0.15) is 18.0 Å². The standard InChI is InChI=1S/C21H24F2N6O2/c1-27(2)10-11-28(3)17-6-4-5-7-18(17)29(14-30)13-16-9-8-15(12-24-16)20-25-26-21(31-20)19(22)23/h4-9,12,14,19H,10-11,13H2,1-3H3. The van der Waals surface area contributed by atoms with Crippen molar-refractivity contribution in [2.45, 2.75) is 13.0 Å². The molecule has 0 unspecified atom stereocenters. The Balaban J connectivity index is 1.76. The third-order valence-electron chi connectivity index (χ3n) is 4.64. The van der Waals surface area contributed by atoms with E-state index in [1.807, 2.05) is 45.4 Å². The van der Waals surface area contributed by atoms with Gasteiger partial charge in [-0.3, -0.25) is 9.78 Å². The zero-order chi connectivity index (χ0) is 22.4. The summed E-state index contributed by atoms with van der Waals surface area (Å²) < 4.78 is 30.2. The maximum atomic E-state index is 12.6. The number of para-hydroxylation sites is 2. The van der Waals surface area contributed by atoms with Gasteiger partial charge in [-0.2, -0.15) is 8.78 Å². The highest BCUT2D eigenvalue weighted by Crippen LogP contribution is 2.29. The smallest absolute Gasteiger partial charge is 0.314 e. The van der Waals surface area contributed by atoms with Gasteiger partial charge >= 0.3 is 6.43 Å². The number of nitrogens with zero attached hydrogens (tertiary/aromatic N) is 6. The molecule has 0 aliphatic rings. The van der Waals surface area contributed by atoms with Crippen LogP contribution in [0.5, 0.6) is 0 Å². The summed E-state index contributed by atoms with van der Waals surface area (Å²) in [5.74, 6) is -0.768. The molecule has 164 valence electrons. The van der Waals surface area contributed by atoms with Crippen molar-refractivity contribution in [2.75, 3.05) is 44.0 Å². The van der Waals surface area contributed by atoms with Crippen LogP contribution in [0.4, 0.5) is 20.2 Å². The predicted octanol–water partition coefficient (Wildman–Crippen LogP) is 3.23. The summed E-state index contributed by atoms with van der Waals surface area (Å²) in [6.07, 6.45) is -0.609. The number of carbonyl (C=O) groups excluding carboxylic acids is 1. The average molecular weight is 430 g/mol. The SMILES string of the molecule is CN(C)CCN(C)c1ccccc1N(C=O)Cc1ccc(-c2nnc(C(F)F)o2)cn1. The van der Waals surface area contributed by atoms with Crippen molar-refractivity contribution in [2.24, 2.45) is 0 Å². The van der Waals surface area contributed by atoms with E-state index in [0.717, 1.165) is 30.9 Å². The number of rotatable bonds is 10. The van der Waals surface area contributed by atoms with E-state index >= 15 is 0 Å². The number of pyridine rings is 1. The molecule has 31 heavy (non-hydrogen) atoms. The van der Waals surface area contributed by atoms with Gasteiger partial charge in [0.2, 0.25) is 12.3 Å². The molecular formula is C21H24F2N6O2. The molecule has 0 bridgehead atoms. The van der Waals surface area contributed by atoms with Gasteiger partial charge in [0.25, 0.3) is 5.89 Å². The normalized spacial score (nSPS) is 11.2. The number of halogens is 2. The summed E-state index contributed by atoms with van der Waals surface area (Å²) >= 11 is 0. The van der Waals surface area contributed by atoms with Crippen LogP contribution in [0.25, 0.3) is 11.5 Å². The van der Waals surface area contributed by atoms with E-state index in [2.05, 4.69) is 25.0 Å². The third kappa shape index (κ3) is 5.60. The van der Waals surface area contributed by atoms with Crippen molar-refractivity contribution in [3.63, 3.8) is 0 Å². The number of benzene rings is 1. The molecule has 10 heteroatoms. The van der Waals surface area contributed by atoms with Gasteiger partial charge in [-0.15, -0.1) is 10.2 Å². The molecule has 1 amide bonds. The Hall–Kier alpha value is -3.40. The van der Waals surface area contributed by atoms with Gasteiger partial charge < -0.3 is 19.1 Å². The Morgan fingerprint density at radius 1 is 1.03 bits per heavy atom. The minimum Gasteiger partial charge on any atom is -0.415 e. The Bertz CT molecular complexity index is 994. The molecule has 0 aliphatic carbocycles. The largest absolute Gasteiger partial charge is 0.415 e. The van der Waals surface area contributed by atoms with E-state index in [-0.39, 0.29) is 12.4 Å². The van der Waals surface area contributed by atoms with Gasteiger partial charge in [-0.05, 0) is 38.4 Å². The van der Waals surface area contributed by atoms with Gasteiger partial charge in [0.15, 0.2) is 0 Å². The second kappa shape index (κ2) is 10.1. The highest BCUT2D eigenvalue weighted by molar-refractivity contribution is 5.83. The molecule has 3 aromatic rings. The van der Waals surface area contributed by atoms with E-state index in [1.165, 1.54) is 6.20 Å². The average Bonchev–Trinajstić information content (AvgIpc) is 3.27. The fraction of sp³-hybridized carbons (Fsp3) is 0.333. The number of hydrogen-bond donors (Lipinski definition) is 0. The molecule has 0 atom stereocenters. The number of hydrogen-bond acceptors (Lipinski definition) is 7. The van der Waals surface area contributed by atoms with Gasteiger partial charge in [-0.1, -0.05) is 12.1 Å². The van der Waals surface area contributed by atoms with Crippen LogP contribution in [0, 0.1) is 0 Å². The molecule has 8 nitrogen and oxygen atoms in total. The van der Waals surface area contributed by atoms with Gasteiger partial charge in [0.05, 0.1) is 29.2 Å². The number of anilines is 2. The van der Waals surface area contributed by atoms with Gasteiger partial charge in [-0.25, -0.2) is 0 Å². The molecule has 3 rings (SSSR count). The summed E-state index contributed by atoms with van der Waals surface area (Å²) in [6, 6.07) is 11.0. The lowest BCUT2D eigenvalue weighted by Gasteiger charge is -2.27. The summed E-state index contributed by atoms with van der Waals surface area (Å²) in [5.41, 5.74) is 2.74. The quantitative estimate of drug-likeness (QED) is 0.457. The van der Waals surface area contributed by atoms with Crippen LogP contribution >= 0.6 is 0 Å². The molecule has 2 heterocycles. The summed E-state index contributed by atoms with van der Waals surface area (Å²) in [4.78, 5) is 22.0. The van der Waals surface area contributed by atoms with E-state index in [4.69, 9.17) is 4.42 Å². The Morgan fingerprint density at radius 3 is 2.35 bits per heavy atom. The van der Waals surface area contributed by atoms with Crippen LogP contribution in [-0.4, -0.2) is 60.7 Å². The molecule has 0 spiro atoms. The highest BCUT2D eigenvalue weighted by atomic mass is 19.3. The maximum absolute atomic E-state index is 12.6. The van der Waals surface area contributed by atoms with E-state index in [0.29, 0.717) is 11.3 Å². The zero-order valence-corrected chi connectivity index (χ0v) is 17.6. The van der Waals surface area contributed by atoms with Gasteiger partial charge in [0, 0.05) is 26.3 Å². The lowest BCUT2D eigenvalue weighted by Crippen LogP contribution is -2.30. The minimum absolute atomic E-state index is 0.0329. The Kier molecular flexibility index (Phi) is 7.24. The van der Waals surface area contributed by atoms with Crippen molar-refractivity contribution in [1.29, 1.82) is 0 Å². The predicted molar refractivity (Wildman–Crippen MR) is 113 cm³/mol. The van der Waals surface area contributed by atoms with Crippen molar-refractivity contribution in [3.05, 3.63) is 54.2 Å². The van der Waals surface area contributed by atoms with Crippen molar-refractivity contribution < 1.29 is 18.0 Å². The minimum atomic E-state index is -2.83. The van der Waals surface area contributed by atoms with Crippen LogP contribution in [0.15, 0.2) is 47.0 Å². The number of amides is 1. The monoisotopic (exact) mass is 430 g/mol. The molecule has 0 aliphatic heterocycles. The third-order valence-corrected chi connectivity index (χ3v) is 4.64. The maximum Gasteiger partial charge on any atom is 0.314 e. The summed E-state index contributed by atoms with van der Waals surface area (Å²) in [6.45, 7) is 1.92.